The molecule has 1 aromatic rings. The Kier molecular flexibility index (Phi) is 5.44. The summed E-state index contributed by atoms with van der Waals surface area (Å²) >= 11 is 0. The first-order valence-corrected chi connectivity index (χ1v) is 7.58. The van der Waals surface area contributed by atoms with Crippen LogP contribution in [0.2, 0.25) is 0 Å². The number of carbonyl (C=O) groups excluding carboxylic acids is 1. The molecular formula is C16H25N3O2. The van der Waals surface area contributed by atoms with Crippen molar-refractivity contribution in [3.8, 4) is 0 Å². The van der Waals surface area contributed by atoms with E-state index in [1.165, 1.54) is 33.0 Å². The Morgan fingerprint density at radius 1 is 1.43 bits per heavy atom. The predicted octanol–water partition coefficient (Wildman–Crippen LogP) is 2.20. The minimum absolute atomic E-state index is 0.396. The second-order valence-electron chi connectivity index (χ2n) is 5.52. The zero-order valence-corrected chi connectivity index (χ0v) is 12.9. The second-order valence-corrected chi connectivity index (χ2v) is 5.52. The van der Waals surface area contributed by atoms with Gasteiger partial charge in [-0.25, -0.2) is 4.79 Å². The fourth-order valence-corrected chi connectivity index (χ4v) is 2.77. The number of likely N-dealkylation sites (tertiary alicyclic amines) is 1. The molecule has 1 aliphatic heterocycles. The first kappa shape index (κ1) is 15.6. The summed E-state index contributed by atoms with van der Waals surface area (Å²) in [5.74, 6) is 0.265. The number of para-hydroxylation sites is 1. The lowest BCUT2D eigenvalue weighted by atomic mass is 9.96. The van der Waals surface area contributed by atoms with Crippen LogP contribution in [-0.4, -0.2) is 44.2 Å². The highest BCUT2D eigenvalue weighted by Crippen LogP contribution is 2.25. The lowest BCUT2D eigenvalue weighted by Crippen LogP contribution is -2.35. The van der Waals surface area contributed by atoms with E-state index in [-0.39, 0.29) is 0 Å². The number of benzene rings is 1. The molecular weight excluding hydrogens is 266 g/mol. The van der Waals surface area contributed by atoms with Crippen LogP contribution in [0.3, 0.4) is 0 Å². The van der Waals surface area contributed by atoms with Crippen molar-refractivity contribution < 1.29 is 9.53 Å². The van der Waals surface area contributed by atoms with Crippen LogP contribution in [0.15, 0.2) is 18.2 Å². The Hall–Kier alpha value is -1.75. The molecule has 1 saturated heterocycles. The molecule has 0 radical (unpaired) electrons. The average molecular weight is 291 g/mol. The van der Waals surface area contributed by atoms with Gasteiger partial charge in [-0.05, 0) is 50.5 Å². The molecule has 1 aromatic carbocycles. The third-order valence-corrected chi connectivity index (χ3v) is 4.25. The Morgan fingerprint density at radius 2 is 2.14 bits per heavy atom. The van der Waals surface area contributed by atoms with Gasteiger partial charge in [-0.15, -0.1) is 0 Å². The van der Waals surface area contributed by atoms with Crippen molar-refractivity contribution in [3.63, 3.8) is 0 Å². The van der Waals surface area contributed by atoms with Gasteiger partial charge in [-0.1, -0.05) is 13.0 Å². The van der Waals surface area contributed by atoms with E-state index in [9.17, 15) is 4.79 Å². The SMILES string of the molecule is CCN1CCC(CNc2cccc(C(=O)OC)c2N)CC1. The summed E-state index contributed by atoms with van der Waals surface area (Å²) in [7, 11) is 1.36. The summed E-state index contributed by atoms with van der Waals surface area (Å²) in [6, 6.07) is 5.42. The van der Waals surface area contributed by atoms with Crippen molar-refractivity contribution >= 4 is 17.3 Å². The van der Waals surface area contributed by atoms with E-state index in [1.54, 1.807) is 6.07 Å². The summed E-state index contributed by atoms with van der Waals surface area (Å²) in [5.41, 5.74) is 7.75. The predicted molar refractivity (Wildman–Crippen MR) is 85.5 cm³/mol. The van der Waals surface area contributed by atoms with Crippen LogP contribution in [0, 0.1) is 5.92 Å². The number of nitrogens with two attached hydrogens (primary N) is 1. The molecule has 2 rings (SSSR count). The van der Waals surface area contributed by atoms with Crippen LogP contribution >= 0.6 is 0 Å². The second kappa shape index (κ2) is 7.31. The van der Waals surface area contributed by atoms with E-state index in [1.807, 2.05) is 12.1 Å². The summed E-state index contributed by atoms with van der Waals surface area (Å²) in [5, 5.41) is 3.38. The van der Waals surface area contributed by atoms with Crippen LogP contribution in [-0.2, 0) is 4.74 Å². The number of nitrogens with zero attached hydrogens (tertiary/aromatic N) is 1. The quantitative estimate of drug-likeness (QED) is 0.643. The largest absolute Gasteiger partial charge is 0.465 e. The fraction of sp³-hybridized carbons (Fsp3) is 0.562. The molecule has 0 amide bonds. The lowest BCUT2D eigenvalue weighted by Gasteiger charge is -2.31. The maximum absolute atomic E-state index is 11.6. The number of carbonyl (C=O) groups is 1. The molecule has 1 fully saturated rings. The van der Waals surface area contributed by atoms with Crippen LogP contribution < -0.4 is 11.1 Å². The Labute approximate surface area is 126 Å². The van der Waals surface area contributed by atoms with Crippen molar-refractivity contribution in [3.05, 3.63) is 23.8 Å². The molecule has 0 aliphatic carbocycles. The summed E-state index contributed by atoms with van der Waals surface area (Å²) in [4.78, 5) is 14.1. The standard InChI is InChI=1S/C16H25N3O2/c1-3-19-9-7-12(8-10-19)11-18-14-6-4-5-13(15(14)17)16(20)21-2/h4-6,12,18H,3,7-11,17H2,1-2H3. The van der Waals surface area contributed by atoms with Crippen molar-refractivity contribution in [2.75, 3.05) is 44.3 Å². The highest BCUT2D eigenvalue weighted by molar-refractivity contribution is 5.98. The first-order chi connectivity index (χ1) is 10.2. The van der Waals surface area contributed by atoms with Gasteiger partial charge in [0.1, 0.15) is 0 Å². The van der Waals surface area contributed by atoms with E-state index < -0.39 is 5.97 Å². The fourth-order valence-electron chi connectivity index (χ4n) is 2.77. The number of nitrogen functional groups attached to an aromatic ring is 1. The van der Waals surface area contributed by atoms with E-state index >= 15 is 0 Å². The number of piperidine rings is 1. The Morgan fingerprint density at radius 3 is 2.76 bits per heavy atom. The van der Waals surface area contributed by atoms with Gasteiger partial charge in [0.15, 0.2) is 0 Å². The maximum Gasteiger partial charge on any atom is 0.340 e. The molecule has 0 unspecified atom stereocenters. The molecule has 3 N–H and O–H groups in total. The monoisotopic (exact) mass is 291 g/mol. The molecule has 0 spiro atoms. The number of hydrogen-bond donors (Lipinski definition) is 2. The molecule has 5 nitrogen and oxygen atoms in total. The Balaban J connectivity index is 1.93. The number of ether oxygens (including phenoxy) is 1. The first-order valence-electron chi connectivity index (χ1n) is 7.58. The number of hydrogen-bond acceptors (Lipinski definition) is 5. The molecule has 21 heavy (non-hydrogen) atoms. The van der Waals surface area contributed by atoms with Crippen LogP contribution in [0.1, 0.15) is 30.1 Å². The molecule has 0 saturated carbocycles. The zero-order valence-electron chi connectivity index (χ0n) is 12.9. The maximum atomic E-state index is 11.6. The van der Waals surface area contributed by atoms with Crippen molar-refractivity contribution in [1.29, 1.82) is 0 Å². The van der Waals surface area contributed by atoms with E-state index in [4.69, 9.17) is 10.5 Å². The van der Waals surface area contributed by atoms with Crippen LogP contribution in [0.5, 0.6) is 0 Å². The van der Waals surface area contributed by atoms with Crippen LogP contribution in [0.25, 0.3) is 0 Å². The van der Waals surface area contributed by atoms with E-state index in [0.29, 0.717) is 17.2 Å². The molecule has 0 bridgehead atoms. The third-order valence-electron chi connectivity index (χ3n) is 4.25. The van der Waals surface area contributed by atoms with E-state index in [2.05, 4.69) is 17.1 Å². The highest BCUT2D eigenvalue weighted by Gasteiger charge is 2.18. The molecule has 0 atom stereocenters. The van der Waals surface area contributed by atoms with Gasteiger partial charge >= 0.3 is 5.97 Å². The normalized spacial score (nSPS) is 16.7. The number of nitrogens with one attached hydrogen (secondary N) is 1. The topological polar surface area (TPSA) is 67.6 Å². The molecule has 1 heterocycles. The minimum Gasteiger partial charge on any atom is -0.465 e. The van der Waals surface area contributed by atoms with Crippen molar-refractivity contribution in [2.24, 2.45) is 5.92 Å². The van der Waals surface area contributed by atoms with Crippen LogP contribution in [0.4, 0.5) is 11.4 Å². The molecule has 116 valence electrons. The average Bonchev–Trinajstić information content (AvgIpc) is 2.53. The van der Waals surface area contributed by atoms with Gasteiger partial charge in [-0.3, -0.25) is 0 Å². The van der Waals surface area contributed by atoms with Gasteiger partial charge in [-0.2, -0.15) is 0 Å². The number of esters is 1. The van der Waals surface area contributed by atoms with Gasteiger partial charge in [0.05, 0.1) is 24.0 Å². The molecule has 5 heteroatoms. The Bertz CT molecular complexity index is 482. The number of rotatable bonds is 5. The number of methoxy groups -OCH3 is 1. The van der Waals surface area contributed by atoms with Crippen molar-refractivity contribution in [2.45, 2.75) is 19.8 Å². The van der Waals surface area contributed by atoms with Gasteiger partial charge in [0.2, 0.25) is 0 Å². The summed E-state index contributed by atoms with van der Waals surface area (Å²) in [6.07, 6.45) is 2.41. The van der Waals surface area contributed by atoms with E-state index in [0.717, 1.165) is 18.8 Å². The highest BCUT2D eigenvalue weighted by atomic mass is 16.5. The minimum atomic E-state index is -0.396. The summed E-state index contributed by atoms with van der Waals surface area (Å²) < 4.78 is 4.74. The lowest BCUT2D eigenvalue weighted by molar-refractivity contribution is 0.0602. The third kappa shape index (κ3) is 3.88. The number of anilines is 2. The van der Waals surface area contributed by atoms with Gasteiger partial charge in [0.25, 0.3) is 0 Å². The molecule has 1 aliphatic rings. The smallest absolute Gasteiger partial charge is 0.340 e. The van der Waals surface area contributed by atoms with Crippen molar-refractivity contribution in [1.82, 2.24) is 4.90 Å². The molecule has 0 aromatic heterocycles. The van der Waals surface area contributed by atoms with Gasteiger partial charge < -0.3 is 20.7 Å². The van der Waals surface area contributed by atoms with Gasteiger partial charge in [0, 0.05) is 6.54 Å². The zero-order chi connectivity index (χ0) is 15.2. The summed E-state index contributed by atoms with van der Waals surface area (Å²) in [6.45, 7) is 6.57.